The van der Waals surface area contributed by atoms with Crippen LogP contribution in [0.1, 0.15) is 42.6 Å². The van der Waals surface area contributed by atoms with Crippen molar-refractivity contribution in [2.75, 3.05) is 6.54 Å². The molecule has 0 aromatic carbocycles. The molecule has 0 amide bonds. The van der Waals surface area contributed by atoms with Crippen molar-refractivity contribution in [2.24, 2.45) is 0 Å². The Balaban J connectivity index is 2.15. The third-order valence-corrected chi connectivity index (χ3v) is 2.35. The van der Waals surface area contributed by atoms with Gasteiger partial charge in [-0.2, -0.15) is 0 Å². The first kappa shape index (κ1) is 11.2. The Morgan fingerprint density at radius 2 is 2.25 bits per heavy atom. The maximum Gasteiger partial charge on any atom is 0.374 e. The van der Waals surface area contributed by atoms with Gasteiger partial charge in [0.15, 0.2) is 0 Å². The molecule has 0 bridgehead atoms. The lowest BCUT2D eigenvalue weighted by atomic mass is 10.1. The summed E-state index contributed by atoms with van der Waals surface area (Å²) in [6.45, 7) is 7.15. The van der Waals surface area contributed by atoms with Crippen molar-refractivity contribution < 1.29 is 13.9 Å². The Labute approximate surface area is 95.0 Å². The number of hydrogen-bond donors (Lipinski definition) is 1. The number of furan rings is 1. The Hall–Kier alpha value is -1.29. The molecule has 2 heterocycles. The van der Waals surface area contributed by atoms with Crippen LogP contribution in [0, 0.1) is 0 Å². The number of fused-ring (bicyclic) bond motifs is 1. The average Bonchev–Trinajstić information content (AvgIpc) is 2.58. The lowest BCUT2D eigenvalue weighted by molar-refractivity contribution is 0.00342. The van der Waals surface area contributed by atoms with Crippen molar-refractivity contribution in [2.45, 2.75) is 39.3 Å². The molecule has 0 radical (unpaired) electrons. The molecule has 0 fully saturated rings. The van der Waals surface area contributed by atoms with Crippen LogP contribution in [0.2, 0.25) is 0 Å². The largest absolute Gasteiger partial charge is 0.454 e. The Morgan fingerprint density at radius 3 is 2.88 bits per heavy atom. The fourth-order valence-electron chi connectivity index (χ4n) is 1.68. The molecule has 4 nitrogen and oxygen atoms in total. The van der Waals surface area contributed by atoms with Gasteiger partial charge in [-0.3, -0.25) is 0 Å². The van der Waals surface area contributed by atoms with Crippen LogP contribution in [0.4, 0.5) is 0 Å². The molecule has 16 heavy (non-hydrogen) atoms. The van der Waals surface area contributed by atoms with Gasteiger partial charge in [0, 0.05) is 0 Å². The molecule has 0 saturated heterocycles. The SMILES string of the molecule is CC(C)(C)OC(=O)c1cc2c(o1)CNCC2. The smallest absolute Gasteiger partial charge is 0.374 e. The normalized spacial score (nSPS) is 15.7. The molecule has 88 valence electrons. The van der Waals surface area contributed by atoms with Gasteiger partial charge >= 0.3 is 5.97 Å². The number of ether oxygens (including phenoxy) is 1. The van der Waals surface area contributed by atoms with Crippen LogP contribution in [-0.4, -0.2) is 18.1 Å². The van der Waals surface area contributed by atoms with Gasteiger partial charge in [0.05, 0.1) is 6.54 Å². The summed E-state index contributed by atoms with van der Waals surface area (Å²) in [5.74, 6) is 0.776. The molecule has 0 spiro atoms. The summed E-state index contributed by atoms with van der Waals surface area (Å²) < 4.78 is 10.7. The molecular formula is C12H17NO3. The molecule has 1 aliphatic rings. The second-order valence-electron chi connectivity index (χ2n) is 4.99. The van der Waals surface area contributed by atoms with Gasteiger partial charge in [-0.25, -0.2) is 4.79 Å². The second kappa shape index (κ2) is 3.94. The quantitative estimate of drug-likeness (QED) is 0.738. The van der Waals surface area contributed by atoms with Crippen LogP contribution in [0.15, 0.2) is 10.5 Å². The molecule has 4 heteroatoms. The minimum atomic E-state index is -0.484. The topological polar surface area (TPSA) is 51.5 Å². The summed E-state index contributed by atoms with van der Waals surface area (Å²) in [4.78, 5) is 11.7. The molecule has 1 aliphatic heterocycles. The first-order valence-corrected chi connectivity index (χ1v) is 5.51. The third-order valence-electron chi connectivity index (χ3n) is 2.35. The molecule has 0 saturated carbocycles. The fraction of sp³-hybridized carbons (Fsp3) is 0.583. The highest BCUT2D eigenvalue weighted by Gasteiger charge is 2.23. The predicted molar refractivity (Wildman–Crippen MR) is 59.3 cm³/mol. The van der Waals surface area contributed by atoms with Crippen molar-refractivity contribution >= 4 is 5.97 Å². The van der Waals surface area contributed by atoms with Crippen molar-refractivity contribution in [3.63, 3.8) is 0 Å². The van der Waals surface area contributed by atoms with Crippen LogP contribution in [0.5, 0.6) is 0 Å². The van der Waals surface area contributed by atoms with E-state index in [2.05, 4.69) is 5.32 Å². The maximum absolute atomic E-state index is 11.7. The van der Waals surface area contributed by atoms with Crippen molar-refractivity contribution in [1.82, 2.24) is 5.32 Å². The summed E-state index contributed by atoms with van der Waals surface area (Å²) in [7, 11) is 0. The van der Waals surface area contributed by atoms with E-state index >= 15 is 0 Å². The molecule has 0 atom stereocenters. The van der Waals surface area contributed by atoms with E-state index in [4.69, 9.17) is 9.15 Å². The molecule has 0 aliphatic carbocycles. The zero-order valence-electron chi connectivity index (χ0n) is 9.92. The summed E-state index contributed by atoms with van der Waals surface area (Å²) in [6.07, 6.45) is 0.904. The van der Waals surface area contributed by atoms with Gasteiger partial charge in [-0.15, -0.1) is 0 Å². The summed E-state index contributed by atoms with van der Waals surface area (Å²) in [6, 6.07) is 1.80. The number of esters is 1. The van der Waals surface area contributed by atoms with Gasteiger partial charge in [0.2, 0.25) is 5.76 Å². The average molecular weight is 223 g/mol. The van der Waals surface area contributed by atoms with Gasteiger partial charge in [0.1, 0.15) is 11.4 Å². The highest BCUT2D eigenvalue weighted by molar-refractivity contribution is 5.87. The summed E-state index contributed by atoms with van der Waals surface area (Å²) in [5.41, 5.74) is 0.627. The fourth-order valence-corrected chi connectivity index (χ4v) is 1.68. The van der Waals surface area contributed by atoms with E-state index in [1.807, 2.05) is 20.8 Å². The maximum atomic E-state index is 11.7. The minimum absolute atomic E-state index is 0.309. The second-order valence-corrected chi connectivity index (χ2v) is 4.99. The molecule has 2 rings (SSSR count). The van der Waals surface area contributed by atoms with Crippen molar-refractivity contribution in [3.05, 3.63) is 23.2 Å². The van der Waals surface area contributed by atoms with E-state index in [-0.39, 0.29) is 5.97 Å². The van der Waals surface area contributed by atoms with Gasteiger partial charge in [0.25, 0.3) is 0 Å². The number of carbonyl (C=O) groups excluding carboxylic acids is 1. The molecule has 1 aromatic heterocycles. The lowest BCUT2D eigenvalue weighted by Crippen LogP contribution is -2.23. The predicted octanol–water partition coefficient (Wildman–Crippen LogP) is 1.88. The molecule has 1 aromatic rings. The van der Waals surface area contributed by atoms with Crippen LogP contribution in [-0.2, 0) is 17.7 Å². The number of rotatable bonds is 1. The Morgan fingerprint density at radius 1 is 1.50 bits per heavy atom. The van der Waals surface area contributed by atoms with Gasteiger partial charge < -0.3 is 14.5 Å². The lowest BCUT2D eigenvalue weighted by Gasteiger charge is -2.18. The van der Waals surface area contributed by atoms with Crippen LogP contribution in [0.25, 0.3) is 0 Å². The highest BCUT2D eigenvalue weighted by Crippen LogP contribution is 2.21. The first-order valence-electron chi connectivity index (χ1n) is 5.51. The number of nitrogens with one attached hydrogen (secondary N) is 1. The molecule has 0 unspecified atom stereocenters. The summed E-state index contributed by atoms with van der Waals surface area (Å²) >= 11 is 0. The van der Waals surface area contributed by atoms with Crippen molar-refractivity contribution in [3.8, 4) is 0 Å². The van der Waals surface area contributed by atoms with Gasteiger partial charge in [-0.1, -0.05) is 0 Å². The standard InChI is InChI=1S/C12H17NO3/c1-12(2,3)16-11(14)9-6-8-4-5-13-7-10(8)15-9/h6,13H,4-5,7H2,1-3H3. The zero-order valence-corrected chi connectivity index (χ0v) is 9.92. The van der Waals surface area contributed by atoms with Crippen LogP contribution >= 0.6 is 0 Å². The zero-order chi connectivity index (χ0) is 11.8. The van der Waals surface area contributed by atoms with E-state index in [0.29, 0.717) is 12.3 Å². The summed E-state index contributed by atoms with van der Waals surface area (Å²) in [5, 5.41) is 3.20. The van der Waals surface area contributed by atoms with Crippen LogP contribution in [0.3, 0.4) is 0 Å². The van der Waals surface area contributed by atoms with Crippen LogP contribution < -0.4 is 5.32 Å². The first-order chi connectivity index (χ1) is 7.46. The van der Waals surface area contributed by atoms with E-state index < -0.39 is 5.60 Å². The molecule has 1 N–H and O–H groups in total. The van der Waals surface area contributed by atoms with Gasteiger partial charge in [-0.05, 0) is 45.4 Å². The van der Waals surface area contributed by atoms with E-state index in [1.165, 1.54) is 0 Å². The third kappa shape index (κ3) is 2.44. The Bertz CT molecular complexity index is 377. The number of carbonyl (C=O) groups is 1. The monoisotopic (exact) mass is 223 g/mol. The molecular weight excluding hydrogens is 206 g/mol. The minimum Gasteiger partial charge on any atom is -0.454 e. The van der Waals surface area contributed by atoms with Crippen molar-refractivity contribution in [1.29, 1.82) is 0 Å². The highest BCUT2D eigenvalue weighted by atomic mass is 16.6. The van der Waals surface area contributed by atoms with E-state index in [1.54, 1.807) is 6.07 Å². The Kier molecular flexibility index (Phi) is 2.76. The van der Waals surface area contributed by atoms with E-state index in [9.17, 15) is 4.79 Å². The number of hydrogen-bond acceptors (Lipinski definition) is 4. The van der Waals surface area contributed by atoms with E-state index in [0.717, 1.165) is 24.3 Å².